The van der Waals surface area contributed by atoms with Crippen LogP contribution in [0.25, 0.3) is 10.9 Å². The van der Waals surface area contributed by atoms with Crippen LogP contribution in [0.2, 0.25) is 10.0 Å². The fourth-order valence-corrected chi connectivity index (χ4v) is 5.55. The molecule has 0 bridgehead atoms. The second-order valence-electron chi connectivity index (χ2n) is 10.2. The second-order valence-corrected chi connectivity index (χ2v) is 11.1. The number of imidazole rings is 1. The Morgan fingerprint density at radius 2 is 1.68 bits per heavy atom. The lowest BCUT2D eigenvalue weighted by molar-refractivity contribution is 0.573. The molecule has 2 heterocycles. The molecule has 0 radical (unpaired) electrons. The molecule has 5 rings (SSSR count). The van der Waals surface area contributed by atoms with Crippen LogP contribution in [-0.4, -0.2) is 39.5 Å². The molecule has 0 spiro atoms. The third kappa shape index (κ3) is 5.29. The fourth-order valence-electron chi connectivity index (χ4n) is 5.21. The lowest BCUT2D eigenvalue weighted by Gasteiger charge is -2.32. The van der Waals surface area contributed by atoms with E-state index in [1.165, 1.54) is 0 Å². The molecule has 0 N–H and O–H groups in total. The maximum absolute atomic E-state index is 13.0. The normalized spacial score (nSPS) is 13.2. The smallest absolute Gasteiger partial charge is 0.251 e. The number of aryl methyl sites for hydroxylation is 4. The molecular formula is C32H31Cl2N5O. The molecule has 40 heavy (non-hydrogen) atoms. The van der Waals surface area contributed by atoms with Gasteiger partial charge in [0, 0.05) is 49.7 Å². The molecule has 0 amide bonds. The monoisotopic (exact) mass is 571 g/mol. The molecule has 6 nitrogen and oxygen atoms in total. The van der Waals surface area contributed by atoms with Crippen LogP contribution in [0.3, 0.4) is 0 Å². The molecule has 0 fully saturated rings. The van der Waals surface area contributed by atoms with Gasteiger partial charge in [0.05, 0.1) is 30.1 Å². The molecule has 0 aliphatic rings. The number of aliphatic imine (C=N–C) groups is 1. The summed E-state index contributed by atoms with van der Waals surface area (Å²) in [7, 11) is 7.68. The summed E-state index contributed by atoms with van der Waals surface area (Å²) in [4.78, 5) is 24.5. The molecule has 0 saturated carbocycles. The molecular weight excluding hydrogens is 541 g/mol. The van der Waals surface area contributed by atoms with Crippen LogP contribution in [0.15, 0.2) is 95.1 Å². The van der Waals surface area contributed by atoms with Gasteiger partial charge in [-0.2, -0.15) is 0 Å². The number of benzene rings is 3. The summed E-state index contributed by atoms with van der Waals surface area (Å²) >= 11 is 12.5. The van der Waals surface area contributed by atoms with Gasteiger partial charge in [-0.05, 0) is 71.5 Å². The van der Waals surface area contributed by atoms with E-state index in [1.54, 1.807) is 17.0 Å². The maximum Gasteiger partial charge on any atom is 0.251 e. The van der Waals surface area contributed by atoms with Gasteiger partial charge in [-0.15, -0.1) is 0 Å². The number of fused-ring (bicyclic) bond motifs is 1. The van der Waals surface area contributed by atoms with E-state index >= 15 is 0 Å². The van der Waals surface area contributed by atoms with Gasteiger partial charge in [0.1, 0.15) is 0 Å². The van der Waals surface area contributed by atoms with Gasteiger partial charge in [0.15, 0.2) is 5.54 Å². The van der Waals surface area contributed by atoms with Crippen LogP contribution in [0.5, 0.6) is 0 Å². The van der Waals surface area contributed by atoms with Gasteiger partial charge >= 0.3 is 0 Å². The largest absolute Gasteiger partial charge is 0.369 e. The quantitative estimate of drug-likeness (QED) is 0.163. The van der Waals surface area contributed by atoms with Crippen LogP contribution in [0.1, 0.15) is 27.9 Å². The first-order valence-corrected chi connectivity index (χ1v) is 13.8. The molecule has 5 aromatic rings. The van der Waals surface area contributed by atoms with E-state index < -0.39 is 5.54 Å². The topological polar surface area (TPSA) is 55.4 Å². The molecule has 8 heteroatoms. The zero-order chi connectivity index (χ0) is 28.4. The Bertz CT molecular complexity index is 1750. The zero-order valence-electron chi connectivity index (χ0n) is 23.0. The Hall–Kier alpha value is -3.87. The van der Waals surface area contributed by atoms with Crippen molar-refractivity contribution in [1.82, 2.24) is 19.0 Å². The van der Waals surface area contributed by atoms with Crippen molar-refractivity contribution in [2.45, 2.75) is 18.4 Å². The Kier molecular flexibility index (Phi) is 7.83. The summed E-state index contributed by atoms with van der Waals surface area (Å²) in [5.74, 6) is 0. The minimum atomic E-state index is -0.923. The predicted octanol–water partition coefficient (Wildman–Crippen LogP) is 6.25. The molecule has 0 aliphatic heterocycles. The third-order valence-electron chi connectivity index (χ3n) is 7.25. The van der Waals surface area contributed by atoms with E-state index in [2.05, 4.69) is 23.2 Å². The van der Waals surface area contributed by atoms with Gasteiger partial charge in [0.2, 0.25) is 0 Å². The molecule has 1 unspecified atom stereocenters. The highest BCUT2D eigenvalue weighted by atomic mass is 35.5. The van der Waals surface area contributed by atoms with Gasteiger partial charge in [-0.25, -0.2) is 4.98 Å². The fraction of sp³-hybridized carbons (Fsp3) is 0.219. The van der Waals surface area contributed by atoms with E-state index in [-0.39, 0.29) is 5.56 Å². The van der Waals surface area contributed by atoms with E-state index in [0.29, 0.717) is 16.5 Å². The van der Waals surface area contributed by atoms with Crippen LogP contribution in [-0.2, 0) is 32.5 Å². The summed E-state index contributed by atoms with van der Waals surface area (Å²) in [6, 6.07) is 23.6. The first-order chi connectivity index (χ1) is 19.2. The van der Waals surface area contributed by atoms with Gasteiger partial charge in [0.25, 0.3) is 5.56 Å². The number of hydrogen-bond donors (Lipinski definition) is 0. The zero-order valence-corrected chi connectivity index (χ0v) is 24.5. The Balaban J connectivity index is 1.76. The molecule has 0 aliphatic carbocycles. The minimum absolute atomic E-state index is 0.0393. The average Bonchev–Trinajstić information content (AvgIpc) is 3.37. The lowest BCUT2D eigenvalue weighted by atomic mass is 9.79. The number of rotatable bonds is 8. The predicted molar refractivity (Wildman–Crippen MR) is 165 cm³/mol. The van der Waals surface area contributed by atoms with Crippen molar-refractivity contribution in [1.29, 1.82) is 0 Å². The van der Waals surface area contributed by atoms with Crippen LogP contribution in [0, 0.1) is 0 Å². The van der Waals surface area contributed by atoms with Crippen molar-refractivity contribution in [2.75, 3.05) is 14.1 Å². The maximum atomic E-state index is 13.0. The number of halogens is 2. The van der Waals surface area contributed by atoms with Crippen molar-refractivity contribution in [2.24, 2.45) is 19.1 Å². The van der Waals surface area contributed by atoms with Crippen molar-refractivity contribution >= 4 is 40.4 Å². The first kappa shape index (κ1) is 27.7. The van der Waals surface area contributed by atoms with Gasteiger partial charge in [-0.1, -0.05) is 53.5 Å². The van der Waals surface area contributed by atoms with Crippen molar-refractivity contribution in [3.63, 3.8) is 0 Å². The summed E-state index contributed by atoms with van der Waals surface area (Å²) in [5, 5.41) is 2.36. The van der Waals surface area contributed by atoms with Crippen molar-refractivity contribution < 1.29 is 0 Å². The van der Waals surface area contributed by atoms with E-state index in [1.807, 2.05) is 98.7 Å². The molecule has 3 aromatic carbocycles. The number of aromatic nitrogens is 3. The lowest BCUT2D eigenvalue weighted by Crippen LogP contribution is -2.31. The number of pyridine rings is 1. The Morgan fingerprint density at radius 3 is 2.35 bits per heavy atom. The summed E-state index contributed by atoms with van der Waals surface area (Å²) in [6.45, 7) is 0. The Morgan fingerprint density at radius 1 is 0.925 bits per heavy atom. The summed E-state index contributed by atoms with van der Waals surface area (Å²) < 4.78 is 3.69. The summed E-state index contributed by atoms with van der Waals surface area (Å²) in [5.41, 5.74) is 4.80. The molecule has 1 atom stereocenters. The number of hydrogen-bond acceptors (Lipinski definition) is 3. The highest BCUT2D eigenvalue weighted by Gasteiger charge is 2.39. The third-order valence-corrected chi connectivity index (χ3v) is 7.74. The van der Waals surface area contributed by atoms with Crippen LogP contribution >= 0.6 is 23.2 Å². The Labute approximate surface area is 244 Å². The molecule has 0 saturated heterocycles. The highest BCUT2D eigenvalue weighted by molar-refractivity contribution is 6.30. The standard InChI is InChI=1S/C32H31Cl2N5O/c1-37(2)21-36-32(30-19-35-20-38(30)3,24-10-13-26(33)14-11-24)25-12-15-29-28(18-25)23(17-31(40)39(29)4)9-8-22-6-5-7-27(34)16-22/h5-7,10-21H,8-9H2,1-4H3. The summed E-state index contributed by atoms with van der Waals surface area (Å²) in [6.07, 6.45) is 6.92. The number of nitrogens with zero attached hydrogens (tertiary/aromatic N) is 5. The van der Waals surface area contributed by atoms with E-state index in [9.17, 15) is 4.79 Å². The van der Waals surface area contributed by atoms with E-state index in [0.717, 1.165) is 45.3 Å². The van der Waals surface area contributed by atoms with Gasteiger partial charge in [-0.3, -0.25) is 9.79 Å². The van der Waals surface area contributed by atoms with Crippen LogP contribution < -0.4 is 5.56 Å². The SMILES string of the molecule is CN(C)C=NC(c1ccc(Cl)cc1)(c1ccc2c(c1)c(CCc1cccc(Cl)c1)cc(=O)n2C)c1cncn1C. The average molecular weight is 573 g/mol. The molecule has 204 valence electrons. The van der Waals surface area contributed by atoms with Gasteiger partial charge < -0.3 is 14.0 Å². The first-order valence-electron chi connectivity index (χ1n) is 13.0. The second kappa shape index (κ2) is 11.3. The highest BCUT2D eigenvalue weighted by Crippen LogP contribution is 2.42. The minimum Gasteiger partial charge on any atom is -0.369 e. The molecule has 2 aromatic heterocycles. The van der Waals surface area contributed by atoms with Crippen molar-refractivity contribution in [3.05, 3.63) is 134 Å². The van der Waals surface area contributed by atoms with Crippen LogP contribution in [0.4, 0.5) is 0 Å². The van der Waals surface area contributed by atoms with E-state index in [4.69, 9.17) is 28.2 Å². The van der Waals surface area contributed by atoms with Crippen molar-refractivity contribution in [3.8, 4) is 0 Å².